The van der Waals surface area contributed by atoms with Crippen molar-refractivity contribution in [1.29, 1.82) is 10.8 Å². The summed E-state index contributed by atoms with van der Waals surface area (Å²) < 4.78 is 222. The molecular formula is C52H60N14Na6O20S6. The van der Waals surface area contributed by atoms with E-state index in [0.717, 1.165) is 36.4 Å². The van der Waals surface area contributed by atoms with E-state index >= 15 is 0 Å². The van der Waals surface area contributed by atoms with Crippen molar-refractivity contribution in [1.82, 2.24) is 39.7 Å². The van der Waals surface area contributed by atoms with E-state index in [2.05, 4.69) is 50.3 Å². The monoisotopic (exact) mass is 1530 g/mol. The zero-order valence-corrected chi connectivity index (χ0v) is 72.0. The summed E-state index contributed by atoms with van der Waals surface area (Å²) in [5.41, 5.74) is -2.83. The number of anilines is 6. The second-order valence-corrected chi connectivity index (χ2v) is 28.1. The zero-order chi connectivity index (χ0) is 68.3. The normalized spacial score (nSPS) is 11.8. The largest absolute Gasteiger partial charge is 1.00 e. The summed E-state index contributed by atoms with van der Waals surface area (Å²) in [5, 5.41) is 44.4. The van der Waals surface area contributed by atoms with Crippen LogP contribution in [0.25, 0.3) is 34.9 Å². The molecule has 0 aliphatic heterocycles. The predicted molar refractivity (Wildman–Crippen MR) is 324 cm³/mol. The standard InChI is InChI=1S/C52H66N14O20S6.6Na/c1-5-63(6-2)23-9-25-65(27-21-45(53)67)51-59-47(39-31-37(87(69,70)71)17-19-41(39)89(75,76)77)57-49(61-51)55-35-15-13-33(43(29-35)91(81,82)83)11-12-34-14-16-36(30-44(34)92(84,85)86)56-50-58-48(40-32-38(88(72,73)74)18-20-42(40)90(78,79)80)60-52(62-50)66(28-22-46(54)68)26-10-24-64(7-3)8-4;;;;;;/h11-20,29-32H,5-10,21-28H2,1-4H3,(H2,53,67)(H2,54,68)(H,69,70,71)(H,72,73,74)(H,75,76,77)(H,78,79,80)(H,81,82,83)(H,84,85,86)(H,55,57,59,61)(H,56,58,60,62);;;;;;/q;6*+1/p-6/b12-11+;;;;;;. The van der Waals surface area contributed by atoms with Crippen LogP contribution in [0.5, 0.6) is 0 Å². The van der Waals surface area contributed by atoms with E-state index in [1.54, 1.807) is 0 Å². The fourth-order valence-corrected chi connectivity index (χ4v) is 12.7. The number of benzene rings is 4. The molecule has 46 heteroatoms. The smallest absolute Gasteiger partial charge is 0.862 e. The average Bonchev–Trinajstić information content (AvgIpc) is 0.781. The van der Waals surface area contributed by atoms with Gasteiger partial charge in [-0.15, -0.1) is 0 Å². The average molecular weight is 1530 g/mol. The van der Waals surface area contributed by atoms with Gasteiger partial charge >= 0.3 is 177 Å². The van der Waals surface area contributed by atoms with Gasteiger partial charge in [0.05, 0.1) is 19.6 Å². The van der Waals surface area contributed by atoms with Crippen LogP contribution in [0.3, 0.4) is 0 Å². The molecule has 6 rings (SSSR count). The molecule has 0 saturated carbocycles. The molecule has 0 amide bonds. The third-order valence-electron chi connectivity index (χ3n) is 13.7. The van der Waals surface area contributed by atoms with Crippen molar-refractivity contribution in [2.45, 2.75) is 82.8 Å². The maximum atomic E-state index is 13.1. The summed E-state index contributed by atoms with van der Waals surface area (Å²) >= 11 is 0. The first-order valence-electron chi connectivity index (χ1n) is 27.4. The van der Waals surface area contributed by atoms with Gasteiger partial charge in [0.1, 0.15) is 50.3 Å². The van der Waals surface area contributed by atoms with Gasteiger partial charge in [-0.25, -0.2) is 33.7 Å². The SMILES string of the molecule is CCN(CC)CCCN(CCC(=N)[O-])c1nc(Nc2ccc(/C=C/c3ccc(Nc4nc(-c5cc(S(=O)(=O)[O-])ccc5S(=O)(=O)[O-])nc(N(CCCN(CC)CC)CCC(=N)[O-])n4)cc3S(=O)(=O)O)c(S(=O)(=O)O)c2)nc(-c2cc(S(=O)(=O)[O-])ccc2S(=O)(=O)[O-])n1.[Na+].[Na+].[Na+].[Na+].[Na+].[Na+]. The number of hydrogen-bond donors (Lipinski definition) is 6. The maximum absolute atomic E-state index is 13.1. The number of hydrogen-bond acceptors (Lipinski definition) is 32. The van der Waals surface area contributed by atoms with E-state index in [1.807, 2.05) is 27.7 Å². The van der Waals surface area contributed by atoms with Crippen molar-refractivity contribution in [2.75, 3.05) is 85.9 Å². The maximum Gasteiger partial charge on any atom is 1.00 e. The fourth-order valence-electron chi connectivity index (χ4n) is 9.01. The quantitative estimate of drug-likeness (QED) is 0.00718. The Morgan fingerprint density at radius 3 is 1.04 bits per heavy atom. The molecule has 500 valence electrons. The van der Waals surface area contributed by atoms with Crippen molar-refractivity contribution in [2.24, 2.45) is 0 Å². The van der Waals surface area contributed by atoms with Crippen molar-refractivity contribution in [3.05, 3.63) is 83.9 Å². The molecule has 0 unspecified atom stereocenters. The summed E-state index contributed by atoms with van der Waals surface area (Å²) in [6, 6.07) is 9.45. The fraction of sp³-hybridized carbons (Fsp3) is 0.346. The molecule has 98 heavy (non-hydrogen) atoms. The van der Waals surface area contributed by atoms with E-state index in [9.17, 15) is 88.0 Å². The molecule has 4 aromatic carbocycles. The van der Waals surface area contributed by atoms with Crippen LogP contribution in [0.2, 0.25) is 0 Å². The summed E-state index contributed by atoms with van der Waals surface area (Å²) in [5.74, 6) is -5.36. The van der Waals surface area contributed by atoms with Crippen LogP contribution in [-0.2, 0) is 60.7 Å². The van der Waals surface area contributed by atoms with Gasteiger partial charge in [0.2, 0.25) is 23.8 Å². The number of rotatable bonds is 34. The van der Waals surface area contributed by atoms with Gasteiger partial charge in [0.25, 0.3) is 20.2 Å². The Bertz CT molecular complexity index is 4230. The first-order valence-corrected chi connectivity index (χ1v) is 35.9. The molecule has 2 aromatic heterocycles. The van der Waals surface area contributed by atoms with Crippen molar-refractivity contribution < 1.29 is 265 Å². The van der Waals surface area contributed by atoms with Crippen LogP contribution in [0.4, 0.5) is 35.2 Å². The van der Waals surface area contributed by atoms with E-state index in [4.69, 9.17) is 10.8 Å². The first-order chi connectivity index (χ1) is 42.8. The summed E-state index contributed by atoms with van der Waals surface area (Å²) in [7, 11) is -32.2. The molecule has 34 nitrogen and oxygen atoms in total. The van der Waals surface area contributed by atoms with Crippen LogP contribution < -0.4 is 208 Å². The molecule has 0 aliphatic rings. The Hall–Kier alpha value is -1.84. The summed E-state index contributed by atoms with van der Waals surface area (Å²) in [6.45, 7) is 10.9. The second kappa shape index (κ2) is 41.7. The van der Waals surface area contributed by atoms with E-state index < -0.39 is 149 Å². The van der Waals surface area contributed by atoms with Gasteiger partial charge in [0.15, 0.2) is 11.6 Å². The number of aromatic nitrogens is 6. The van der Waals surface area contributed by atoms with Gasteiger partial charge in [-0.3, -0.25) is 9.11 Å². The Morgan fingerprint density at radius 2 is 0.765 bits per heavy atom. The van der Waals surface area contributed by atoms with Crippen molar-refractivity contribution >= 4 is 120 Å². The minimum absolute atomic E-state index is 0. The minimum Gasteiger partial charge on any atom is -0.862 e. The van der Waals surface area contributed by atoms with Gasteiger partial charge in [0, 0.05) is 48.7 Å². The van der Waals surface area contributed by atoms with Crippen LogP contribution in [0, 0.1) is 10.8 Å². The molecule has 0 aliphatic carbocycles. The zero-order valence-electron chi connectivity index (χ0n) is 55.1. The Morgan fingerprint density at radius 1 is 0.439 bits per heavy atom. The van der Waals surface area contributed by atoms with Gasteiger partial charge in [-0.05, 0) is 149 Å². The van der Waals surface area contributed by atoms with Crippen LogP contribution in [0.15, 0.2) is 102 Å². The third-order valence-corrected chi connectivity index (χ3v) is 18.9. The number of nitrogens with zero attached hydrogens (tertiary/aromatic N) is 10. The Labute approximate surface area is 701 Å². The van der Waals surface area contributed by atoms with Gasteiger partial charge in [-0.1, -0.05) is 52.0 Å². The van der Waals surface area contributed by atoms with Crippen LogP contribution >= 0.6 is 0 Å². The van der Waals surface area contributed by atoms with E-state index in [1.165, 1.54) is 21.9 Å². The van der Waals surface area contributed by atoms with E-state index in [0.29, 0.717) is 88.5 Å². The molecule has 0 bridgehead atoms. The first kappa shape index (κ1) is 96.2. The Kier molecular flexibility index (Phi) is 41.0. The summed E-state index contributed by atoms with van der Waals surface area (Å²) in [4.78, 5) is 26.6. The van der Waals surface area contributed by atoms with Crippen LogP contribution in [0.1, 0.15) is 64.5 Å². The minimum atomic E-state index is -5.49. The molecule has 0 radical (unpaired) electrons. The summed E-state index contributed by atoms with van der Waals surface area (Å²) in [6.07, 6.45) is 1.94. The molecule has 0 spiro atoms. The van der Waals surface area contributed by atoms with E-state index in [-0.39, 0.29) is 238 Å². The molecular weight excluding hydrogens is 1470 g/mol. The topological polar surface area (TPSA) is 546 Å². The second-order valence-electron chi connectivity index (χ2n) is 19.8. The predicted octanol–water partition coefficient (Wildman–Crippen LogP) is -16.3. The Balaban J connectivity index is 0.0000157. The van der Waals surface area contributed by atoms with Gasteiger partial charge in [-0.2, -0.15) is 46.7 Å². The van der Waals surface area contributed by atoms with Crippen molar-refractivity contribution in [3.63, 3.8) is 0 Å². The molecule has 0 saturated heterocycles. The third kappa shape index (κ3) is 28.6. The molecule has 2 heterocycles. The molecule has 0 atom stereocenters. The van der Waals surface area contributed by atoms with Crippen LogP contribution in [-0.4, -0.2) is 195 Å². The van der Waals surface area contributed by atoms with Crippen molar-refractivity contribution in [3.8, 4) is 22.8 Å². The molecule has 6 N–H and O–H groups in total. The van der Waals surface area contributed by atoms with Gasteiger partial charge < -0.3 is 69.5 Å². The molecule has 0 fully saturated rings. The molecule has 6 aromatic rings. The number of nitrogens with one attached hydrogen (secondary N) is 4.